The summed E-state index contributed by atoms with van der Waals surface area (Å²) in [6.45, 7) is 0.667. The SMILES string of the molecule is O=C(NCCn1nc2ccccn2c1=O)c1c(-n2cccc2)sc2c1CCSC2. The highest BCUT2D eigenvalue weighted by Gasteiger charge is 2.26. The van der Waals surface area contributed by atoms with Gasteiger partial charge in [0.1, 0.15) is 5.00 Å². The number of fused-ring (bicyclic) bond motifs is 2. The predicted molar refractivity (Wildman–Crippen MR) is 115 cm³/mol. The lowest BCUT2D eigenvalue weighted by atomic mass is 10.1. The summed E-state index contributed by atoms with van der Waals surface area (Å²) in [4.78, 5) is 26.8. The van der Waals surface area contributed by atoms with Crippen molar-refractivity contribution in [1.82, 2.24) is 24.1 Å². The molecule has 29 heavy (non-hydrogen) atoms. The van der Waals surface area contributed by atoms with Crippen LogP contribution < -0.4 is 11.0 Å². The van der Waals surface area contributed by atoms with E-state index >= 15 is 0 Å². The average Bonchev–Trinajstić information content (AvgIpc) is 3.46. The van der Waals surface area contributed by atoms with Crippen LogP contribution in [-0.4, -0.2) is 37.0 Å². The molecule has 9 heteroatoms. The molecule has 0 spiro atoms. The zero-order valence-corrected chi connectivity index (χ0v) is 17.2. The molecule has 0 fully saturated rings. The monoisotopic (exact) mass is 425 g/mol. The third-order valence-electron chi connectivity index (χ3n) is 4.97. The van der Waals surface area contributed by atoms with E-state index in [2.05, 4.69) is 10.4 Å². The third-order valence-corrected chi connectivity index (χ3v) is 7.38. The molecule has 0 saturated carbocycles. The number of nitrogens with zero attached hydrogens (tertiary/aromatic N) is 4. The standard InChI is InChI=1S/C20H19N5O2S2/c26-18(21-7-11-25-20(27)24-10-2-1-5-16(24)22-25)17-14-6-12-28-13-15(14)29-19(17)23-8-3-4-9-23/h1-5,8-10H,6-7,11-13H2,(H,21,26). The normalized spacial score (nSPS) is 13.5. The lowest BCUT2D eigenvalue weighted by Crippen LogP contribution is -2.32. The van der Waals surface area contributed by atoms with E-state index in [0.29, 0.717) is 18.7 Å². The molecule has 0 aromatic carbocycles. The van der Waals surface area contributed by atoms with Gasteiger partial charge in [0.05, 0.1) is 12.1 Å². The van der Waals surface area contributed by atoms with E-state index in [1.54, 1.807) is 29.7 Å². The van der Waals surface area contributed by atoms with Crippen LogP contribution >= 0.6 is 23.1 Å². The number of pyridine rings is 1. The smallest absolute Gasteiger partial charge is 0.350 e. The van der Waals surface area contributed by atoms with Crippen molar-refractivity contribution in [2.75, 3.05) is 12.3 Å². The summed E-state index contributed by atoms with van der Waals surface area (Å²) in [5, 5.41) is 8.27. The van der Waals surface area contributed by atoms with Crippen molar-refractivity contribution in [2.45, 2.75) is 18.7 Å². The summed E-state index contributed by atoms with van der Waals surface area (Å²) in [5.74, 6) is 1.90. The maximum absolute atomic E-state index is 13.1. The average molecular weight is 426 g/mol. The molecule has 1 amide bonds. The van der Waals surface area contributed by atoms with Crippen molar-refractivity contribution in [3.63, 3.8) is 0 Å². The Balaban J connectivity index is 1.37. The minimum atomic E-state index is -0.201. The summed E-state index contributed by atoms with van der Waals surface area (Å²) in [6.07, 6.45) is 6.54. The second-order valence-corrected chi connectivity index (χ2v) is 8.96. The Kier molecular flexibility index (Phi) is 4.76. The van der Waals surface area contributed by atoms with E-state index < -0.39 is 0 Å². The maximum atomic E-state index is 13.1. The van der Waals surface area contributed by atoms with Gasteiger partial charge in [0.15, 0.2) is 5.65 Å². The van der Waals surface area contributed by atoms with Gasteiger partial charge in [0, 0.05) is 35.8 Å². The molecular formula is C20H19N5O2S2. The fraction of sp³-hybridized carbons (Fsp3) is 0.250. The van der Waals surface area contributed by atoms with E-state index in [-0.39, 0.29) is 11.6 Å². The van der Waals surface area contributed by atoms with Crippen LogP contribution in [0.25, 0.3) is 10.6 Å². The molecule has 0 aliphatic carbocycles. The van der Waals surface area contributed by atoms with E-state index in [9.17, 15) is 9.59 Å². The van der Waals surface area contributed by atoms with Gasteiger partial charge in [-0.05, 0) is 42.0 Å². The molecule has 4 aromatic heterocycles. The van der Waals surface area contributed by atoms with Crippen LogP contribution in [0.2, 0.25) is 0 Å². The van der Waals surface area contributed by atoms with Gasteiger partial charge in [-0.3, -0.25) is 9.20 Å². The first-order valence-electron chi connectivity index (χ1n) is 9.40. The number of nitrogens with one attached hydrogen (secondary N) is 1. The van der Waals surface area contributed by atoms with Crippen LogP contribution in [-0.2, 0) is 18.7 Å². The number of amides is 1. The molecule has 5 rings (SSSR count). The lowest BCUT2D eigenvalue weighted by Gasteiger charge is -2.13. The molecule has 1 aliphatic heterocycles. The maximum Gasteiger partial charge on any atom is 0.350 e. The van der Waals surface area contributed by atoms with Gasteiger partial charge in [0.2, 0.25) is 0 Å². The Hall–Kier alpha value is -2.78. The fourth-order valence-electron chi connectivity index (χ4n) is 3.58. The second-order valence-electron chi connectivity index (χ2n) is 6.77. The highest BCUT2D eigenvalue weighted by Crippen LogP contribution is 2.38. The van der Waals surface area contributed by atoms with E-state index in [4.69, 9.17) is 0 Å². The molecule has 7 nitrogen and oxygen atoms in total. The number of hydrogen-bond donors (Lipinski definition) is 1. The van der Waals surface area contributed by atoms with Gasteiger partial charge in [-0.25, -0.2) is 9.48 Å². The van der Waals surface area contributed by atoms with Crippen LogP contribution in [0.5, 0.6) is 0 Å². The van der Waals surface area contributed by atoms with Crippen molar-refractivity contribution in [3.8, 4) is 5.00 Å². The van der Waals surface area contributed by atoms with E-state index in [1.165, 1.54) is 19.5 Å². The minimum Gasteiger partial charge on any atom is -0.350 e. The van der Waals surface area contributed by atoms with Crippen LogP contribution in [0.4, 0.5) is 0 Å². The van der Waals surface area contributed by atoms with Crippen molar-refractivity contribution in [1.29, 1.82) is 0 Å². The number of hydrogen-bond acceptors (Lipinski definition) is 5. The van der Waals surface area contributed by atoms with Gasteiger partial charge in [-0.2, -0.15) is 11.8 Å². The number of thioether (sulfide) groups is 1. The Bertz CT molecular complexity index is 1240. The molecule has 0 unspecified atom stereocenters. The van der Waals surface area contributed by atoms with Crippen molar-refractivity contribution >= 4 is 34.7 Å². The quantitative estimate of drug-likeness (QED) is 0.533. The number of aromatic nitrogens is 4. The Morgan fingerprint density at radius 1 is 1.17 bits per heavy atom. The summed E-state index contributed by atoms with van der Waals surface area (Å²) >= 11 is 3.60. The van der Waals surface area contributed by atoms with Gasteiger partial charge < -0.3 is 9.88 Å². The summed E-state index contributed by atoms with van der Waals surface area (Å²) < 4.78 is 4.90. The molecule has 0 bridgehead atoms. The largest absolute Gasteiger partial charge is 0.350 e. The topological polar surface area (TPSA) is 73.3 Å². The molecule has 1 aliphatic rings. The zero-order valence-electron chi connectivity index (χ0n) is 15.6. The zero-order chi connectivity index (χ0) is 19.8. The van der Waals surface area contributed by atoms with Crippen molar-refractivity contribution in [2.24, 2.45) is 0 Å². The van der Waals surface area contributed by atoms with Crippen LogP contribution in [0.3, 0.4) is 0 Å². The van der Waals surface area contributed by atoms with Crippen molar-refractivity contribution < 1.29 is 4.79 Å². The first kappa shape index (κ1) is 18.3. The molecular weight excluding hydrogens is 406 g/mol. The number of thiophene rings is 1. The van der Waals surface area contributed by atoms with Crippen LogP contribution in [0, 0.1) is 0 Å². The first-order valence-corrected chi connectivity index (χ1v) is 11.4. The second kappa shape index (κ2) is 7.57. The molecule has 148 valence electrons. The molecule has 0 saturated heterocycles. The van der Waals surface area contributed by atoms with Gasteiger partial charge in [-0.1, -0.05) is 6.07 Å². The molecule has 0 radical (unpaired) electrons. The fourth-order valence-corrected chi connectivity index (χ4v) is 6.03. The minimum absolute atomic E-state index is 0.0880. The van der Waals surface area contributed by atoms with E-state index in [0.717, 1.165) is 28.5 Å². The molecule has 1 N–H and O–H groups in total. The van der Waals surface area contributed by atoms with Gasteiger partial charge >= 0.3 is 5.69 Å². The third kappa shape index (κ3) is 3.30. The summed E-state index contributed by atoms with van der Waals surface area (Å²) in [7, 11) is 0. The van der Waals surface area contributed by atoms with Gasteiger partial charge in [0.25, 0.3) is 5.91 Å². The highest BCUT2D eigenvalue weighted by atomic mass is 32.2. The molecule has 5 heterocycles. The molecule has 0 atom stereocenters. The van der Waals surface area contributed by atoms with Crippen LogP contribution in [0.15, 0.2) is 53.7 Å². The highest BCUT2D eigenvalue weighted by molar-refractivity contribution is 7.98. The van der Waals surface area contributed by atoms with Gasteiger partial charge in [-0.15, -0.1) is 16.4 Å². The first-order chi connectivity index (χ1) is 14.2. The number of carbonyl (C=O) groups is 1. The Morgan fingerprint density at radius 2 is 2.00 bits per heavy atom. The number of carbonyl (C=O) groups excluding carboxylic acids is 1. The predicted octanol–water partition coefficient (Wildman–Crippen LogP) is 2.57. The van der Waals surface area contributed by atoms with Crippen LogP contribution in [0.1, 0.15) is 20.8 Å². The lowest BCUT2D eigenvalue weighted by molar-refractivity contribution is 0.0951. The van der Waals surface area contributed by atoms with E-state index in [1.807, 2.05) is 46.9 Å². The van der Waals surface area contributed by atoms with Crippen molar-refractivity contribution in [3.05, 3.63) is 75.4 Å². The summed E-state index contributed by atoms with van der Waals surface area (Å²) in [6, 6.07) is 9.35. The Morgan fingerprint density at radius 3 is 2.83 bits per heavy atom. The molecule has 4 aromatic rings. The summed E-state index contributed by atoms with van der Waals surface area (Å²) in [5.41, 5.74) is 2.33. The Labute approximate surface area is 175 Å². The number of rotatable bonds is 5.